The Hall–Kier alpha value is -3.35. The van der Waals surface area contributed by atoms with E-state index in [4.69, 9.17) is 14.2 Å². The van der Waals surface area contributed by atoms with Gasteiger partial charge in [0, 0.05) is 0 Å². The van der Waals surface area contributed by atoms with Gasteiger partial charge in [0.25, 0.3) is 11.8 Å². The van der Waals surface area contributed by atoms with E-state index in [9.17, 15) is 14.4 Å². The fourth-order valence-corrected chi connectivity index (χ4v) is 2.41. The molecule has 3 rings (SSSR count). The molecule has 0 saturated carbocycles. The summed E-state index contributed by atoms with van der Waals surface area (Å²) in [5, 5.41) is 0. The molecule has 0 radical (unpaired) electrons. The molecule has 0 saturated heterocycles. The van der Waals surface area contributed by atoms with Crippen LogP contribution in [0.5, 0.6) is 11.5 Å². The van der Waals surface area contributed by atoms with Gasteiger partial charge in [0.1, 0.15) is 0 Å². The molecule has 25 heavy (non-hydrogen) atoms. The molecule has 2 amide bonds. The van der Waals surface area contributed by atoms with Crippen molar-refractivity contribution in [2.24, 2.45) is 0 Å². The zero-order valence-corrected chi connectivity index (χ0v) is 13.4. The van der Waals surface area contributed by atoms with E-state index in [0.717, 1.165) is 4.90 Å². The summed E-state index contributed by atoms with van der Waals surface area (Å²) in [5.41, 5.74) is 0.600. The number of carbonyl (C=O) groups excluding carboxylic acids is 3. The topological polar surface area (TPSA) is 82.1 Å². The number of amides is 2. The van der Waals surface area contributed by atoms with Crippen LogP contribution in [0.25, 0.3) is 0 Å². The first-order valence-electron chi connectivity index (χ1n) is 7.48. The smallest absolute Gasteiger partial charge is 0.345 e. The van der Waals surface area contributed by atoms with Gasteiger partial charge in [0.15, 0.2) is 24.8 Å². The Kier molecular flexibility index (Phi) is 4.65. The van der Waals surface area contributed by atoms with Gasteiger partial charge in [-0.1, -0.05) is 24.3 Å². The van der Waals surface area contributed by atoms with Crippen LogP contribution in [0, 0.1) is 0 Å². The molecule has 0 spiro atoms. The van der Waals surface area contributed by atoms with E-state index in [2.05, 4.69) is 0 Å². The fraction of sp³-hybridized carbons (Fsp3) is 0.167. The minimum atomic E-state index is -0.706. The second kappa shape index (κ2) is 7.04. The number of esters is 1. The summed E-state index contributed by atoms with van der Waals surface area (Å²) in [6, 6.07) is 13.3. The van der Waals surface area contributed by atoms with Crippen LogP contribution in [0.4, 0.5) is 0 Å². The summed E-state index contributed by atoms with van der Waals surface area (Å²) < 4.78 is 15.4. The Bertz CT molecular complexity index is 797. The highest BCUT2D eigenvalue weighted by Crippen LogP contribution is 2.26. The molecular weight excluding hydrogens is 326 g/mol. The van der Waals surface area contributed by atoms with Crippen LogP contribution in [0.1, 0.15) is 20.7 Å². The molecule has 1 aliphatic heterocycles. The number of hydrogen-bond donors (Lipinski definition) is 0. The van der Waals surface area contributed by atoms with Crippen molar-refractivity contribution in [1.82, 2.24) is 4.90 Å². The molecule has 0 aromatic heterocycles. The van der Waals surface area contributed by atoms with Gasteiger partial charge in [-0.3, -0.25) is 9.59 Å². The molecule has 7 heteroatoms. The molecule has 0 N–H and O–H groups in total. The zero-order valence-electron chi connectivity index (χ0n) is 13.4. The summed E-state index contributed by atoms with van der Waals surface area (Å²) >= 11 is 0. The van der Waals surface area contributed by atoms with Crippen LogP contribution in [-0.2, 0) is 9.53 Å². The molecule has 0 atom stereocenters. The van der Waals surface area contributed by atoms with Gasteiger partial charge in [-0.15, -0.1) is 0 Å². The van der Waals surface area contributed by atoms with Crippen molar-refractivity contribution < 1.29 is 28.6 Å². The molecule has 7 nitrogen and oxygen atoms in total. The molecule has 0 fully saturated rings. The van der Waals surface area contributed by atoms with Crippen molar-refractivity contribution >= 4 is 17.8 Å². The van der Waals surface area contributed by atoms with Gasteiger partial charge in [0.2, 0.25) is 0 Å². The lowest BCUT2D eigenvalue weighted by molar-refractivity contribution is -0.148. The quantitative estimate of drug-likeness (QED) is 0.589. The lowest BCUT2D eigenvalue weighted by Crippen LogP contribution is -2.34. The van der Waals surface area contributed by atoms with Crippen LogP contribution in [0.15, 0.2) is 48.5 Å². The van der Waals surface area contributed by atoms with Crippen molar-refractivity contribution in [1.29, 1.82) is 0 Å². The third kappa shape index (κ3) is 3.30. The zero-order chi connectivity index (χ0) is 17.8. The van der Waals surface area contributed by atoms with E-state index in [1.54, 1.807) is 48.5 Å². The Balaban J connectivity index is 1.55. The lowest BCUT2D eigenvalue weighted by atomic mass is 10.1. The van der Waals surface area contributed by atoms with Crippen LogP contribution in [-0.4, -0.2) is 43.1 Å². The van der Waals surface area contributed by atoms with Crippen molar-refractivity contribution in [3.63, 3.8) is 0 Å². The number of nitrogens with zero attached hydrogens (tertiary/aromatic N) is 1. The molecule has 2 aromatic carbocycles. The van der Waals surface area contributed by atoms with E-state index in [-0.39, 0.29) is 6.61 Å². The molecular formula is C18H15NO6. The number of ether oxygens (including phenoxy) is 3. The SMILES string of the molecule is COc1ccccc1OCC(=O)OCN1C(=O)c2ccccc2C1=O. The monoisotopic (exact) mass is 341 g/mol. The van der Waals surface area contributed by atoms with Gasteiger partial charge in [0.05, 0.1) is 18.2 Å². The van der Waals surface area contributed by atoms with Crippen LogP contribution in [0.2, 0.25) is 0 Å². The molecule has 2 aromatic rings. The maximum absolute atomic E-state index is 12.1. The van der Waals surface area contributed by atoms with Crippen molar-refractivity contribution in [2.45, 2.75) is 0 Å². The van der Waals surface area contributed by atoms with E-state index >= 15 is 0 Å². The maximum Gasteiger partial charge on any atom is 0.345 e. The second-order valence-electron chi connectivity index (χ2n) is 5.17. The number of methoxy groups -OCH3 is 1. The highest BCUT2D eigenvalue weighted by atomic mass is 16.6. The number of rotatable bonds is 6. The number of imide groups is 1. The van der Waals surface area contributed by atoms with E-state index in [1.807, 2.05) is 0 Å². The molecule has 0 bridgehead atoms. The first-order chi connectivity index (χ1) is 12.1. The normalized spacial score (nSPS) is 12.8. The van der Waals surface area contributed by atoms with Gasteiger partial charge in [-0.2, -0.15) is 0 Å². The average molecular weight is 341 g/mol. The van der Waals surface area contributed by atoms with Crippen LogP contribution < -0.4 is 9.47 Å². The Morgan fingerprint density at radius 3 is 2.08 bits per heavy atom. The van der Waals surface area contributed by atoms with Gasteiger partial charge >= 0.3 is 5.97 Å². The average Bonchev–Trinajstić information content (AvgIpc) is 2.89. The first-order valence-corrected chi connectivity index (χ1v) is 7.48. The van der Waals surface area contributed by atoms with Crippen molar-refractivity contribution in [3.05, 3.63) is 59.7 Å². The Labute approximate surface area is 143 Å². The maximum atomic E-state index is 12.1. The number of benzene rings is 2. The largest absolute Gasteiger partial charge is 0.493 e. The summed E-state index contributed by atoms with van der Waals surface area (Å²) in [5.74, 6) is -0.807. The first kappa shape index (κ1) is 16.5. The van der Waals surface area contributed by atoms with Crippen LogP contribution in [0.3, 0.4) is 0 Å². The number of para-hydroxylation sites is 2. The highest BCUT2D eigenvalue weighted by molar-refractivity contribution is 6.21. The Morgan fingerprint density at radius 1 is 0.920 bits per heavy atom. The number of hydrogen-bond acceptors (Lipinski definition) is 6. The van der Waals surface area contributed by atoms with E-state index in [1.165, 1.54) is 7.11 Å². The third-order valence-corrected chi connectivity index (χ3v) is 3.65. The molecule has 1 aliphatic rings. The van der Waals surface area contributed by atoms with Gasteiger partial charge in [-0.25, -0.2) is 9.69 Å². The second-order valence-corrected chi connectivity index (χ2v) is 5.17. The van der Waals surface area contributed by atoms with Gasteiger partial charge in [-0.05, 0) is 24.3 Å². The summed E-state index contributed by atoms with van der Waals surface area (Å²) in [4.78, 5) is 37.0. The highest BCUT2D eigenvalue weighted by Gasteiger charge is 2.35. The van der Waals surface area contributed by atoms with E-state index in [0.29, 0.717) is 22.6 Å². The van der Waals surface area contributed by atoms with Crippen molar-refractivity contribution in [2.75, 3.05) is 20.4 Å². The molecule has 128 valence electrons. The summed E-state index contributed by atoms with van der Waals surface area (Å²) in [7, 11) is 1.49. The standard InChI is InChI=1S/C18H15NO6/c1-23-14-8-4-5-9-15(14)24-10-16(20)25-11-19-17(21)12-6-2-3-7-13(12)18(19)22/h2-9H,10-11H2,1H3. The van der Waals surface area contributed by atoms with E-state index < -0.39 is 24.5 Å². The van der Waals surface area contributed by atoms with Gasteiger partial charge < -0.3 is 14.2 Å². The third-order valence-electron chi connectivity index (χ3n) is 3.65. The summed E-state index contributed by atoms with van der Waals surface area (Å²) in [6.45, 7) is -0.829. The predicted octanol–water partition coefficient (Wildman–Crippen LogP) is 1.87. The minimum absolute atomic E-state index is 0.300. The predicted molar refractivity (Wildman–Crippen MR) is 86.4 cm³/mol. The lowest BCUT2D eigenvalue weighted by Gasteiger charge is -2.14. The Morgan fingerprint density at radius 2 is 1.48 bits per heavy atom. The summed E-state index contributed by atoms with van der Waals surface area (Å²) in [6.07, 6.45) is 0. The molecule has 0 aliphatic carbocycles. The number of carbonyl (C=O) groups is 3. The minimum Gasteiger partial charge on any atom is -0.493 e. The van der Waals surface area contributed by atoms with Crippen LogP contribution >= 0.6 is 0 Å². The number of fused-ring (bicyclic) bond motifs is 1. The molecule has 0 unspecified atom stereocenters. The fourth-order valence-electron chi connectivity index (χ4n) is 2.41. The van der Waals surface area contributed by atoms with Crippen molar-refractivity contribution in [3.8, 4) is 11.5 Å². The molecule has 1 heterocycles.